The molecule has 7 heteroatoms. The number of benzene rings is 1. The molecule has 0 saturated heterocycles. The summed E-state index contributed by atoms with van der Waals surface area (Å²) in [6, 6.07) is 3.65. The van der Waals surface area contributed by atoms with Crippen molar-refractivity contribution < 1.29 is 23.8 Å². The molecule has 0 aliphatic heterocycles. The minimum absolute atomic E-state index is 0.0441. The molecule has 1 aromatic heterocycles. The molecule has 0 aliphatic carbocycles. The van der Waals surface area contributed by atoms with Crippen LogP contribution >= 0.6 is 0 Å². The Bertz CT molecular complexity index is 716. The van der Waals surface area contributed by atoms with Crippen molar-refractivity contribution in [2.24, 2.45) is 0 Å². The maximum absolute atomic E-state index is 13.2. The molecule has 1 amide bonds. The number of fused-ring (bicyclic) bond motifs is 1. The summed E-state index contributed by atoms with van der Waals surface area (Å²) in [5, 5.41) is 11.9. The molecule has 0 fully saturated rings. The predicted octanol–water partition coefficient (Wildman–Crippen LogP) is 3.35. The van der Waals surface area contributed by atoms with E-state index in [0.717, 1.165) is 12.1 Å². The summed E-state index contributed by atoms with van der Waals surface area (Å²) in [5.74, 6) is -1.79. The van der Waals surface area contributed by atoms with Gasteiger partial charge in [-0.05, 0) is 39.0 Å². The van der Waals surface area contributed by atoms with E-state index in [-0.39, 0.29) is 16.9 Å². The zero-order valence-electron chi connectivity index (χ0n) is 11.8. The maximum Gasteiger partial charge on any atom is 0.413 e. The lowest BCUT2D eigenvalue weighted by Crippen LogP contribution is -2.27. The number of carboxylic acid groups (broad SMARTS) is 1. The summed E-state index contributed by atoms with van der Waals surface area (Å²) in [5.41, 5.74) is -0.583. The fraction of sp³-hybridized carbons (Fsp3) is 0.286. The fourth-order valence-electron chi connectivity index (χ4n) is 1.89. The molecule has 0 spiro atoms. The van der Waals surface area contributed by atoms with Gasteiger partial charge in [0, 0.05) is 5.39 Å². The van der Waals surface area contributed by atoms with E-state index in [0.29, 0.717) is 5.39 Å². The van der Waals surface area contributed by atoms with Crippen LogP contribution in [0.4, 0.5) is 15.0 Å². The number of halogens is 1. The molecule has 1 aromatic carbocycles. The maximum atomic E-state index is 13.2. The van der Waals surface area contributed by atoms with Crippen molar-refractivity contribution >= 4 is 28.8 Å². The smallest absolute Gasteiger partial charge is 0.413 e. The van der Waals surface area contributed by atoms with Crippen molar-refractivity contribution in [2.75, 3.05) is 5.32 Å². The van der Waals surface area contributed by atoms with Crippen molar-refractivity contribution in [3.05, 3.63) is 29.6 Å². The summed E-state index contributed by atoms with van der Waals surface area (Å²) >= 11 is 0. The van der Waals surface area contributed by atoms with E-state index in [4.69, 9.17) is 4.74 Å². The minimum atomic E-state index is -1.24. The first-order valence-corrected chi connectivity index (χ1v) is 6.22. The fourth-order valence-corrected chi connectivity index (χ4v) is 1.89. The third kappa shape index (κ3) is 3.31. The normalized spacial score (nSPS) is 11.4. The van der Waals surface area contributed by atoms with Gasteiger partial charge >= 0.3 is 12.1 Å². The lowest BCUT2D eigenvalue weighted by Gasteiger charge is -2.19. The summed E-state index contributed by atoms with van der Waals surface area (Å²) in [7, 11) is 0. The molecule has 2 aromatic rings. The topological polar surface area (TPSA) is 91.4 Å². The highest BCUT2D eigenvalue weighted by Gasteiger charge is 2.22. The number of rotatable bonds is 2. The van der Waals surface area contributed by atoms with Crippen LogP contribution in [0.5, 0.6) is 0 Å². The Morgan fingerprint density at radius 2 is 2.00 bits per heavy atom. The van der Waals surface area contributed by atoms with Crippen molar-refractivity contribution in [1.82, 2.24) is 4.98 Å². The van der Waals surface area contributed by atoms with E-state index in [1.165, 1.54) is 6.07 Å². The molecule has 0 unspecified atom stereocenters. The molecular weight excluding hydrogens is 279 g/mol. The summed E-state index contributed by atoms with van der Waals surface area (Å²) in [6.07, 6.45) is -0.794. The second-order valence-electron chi connectivity index (χ2n) is 5.50. The highest BCUT2D eigenvalue weighted by atomic mass is 19.1. The van der Waals surface area contributed by atoms with Crippen LogP contribution in [-0.2, 0) is 4.74 Å². The minimum Gasteiger partial charge on any atom is -0.478 e. The highest BCUT2D eigenvalue weighted by molar-refractivity contribution is 6.10. The van der Waals surface area contributed by atoms with Gasteiger partial charge < -0.3 is 14.8 Å². The van der Waals surface area contributed by atoms with Gasteiger partial charge in [0.05, 0.1) is 5.52 Å². The molecule has 1 heterocycles. The van der Waals surface area contributed by atoms with Gasteiger partial charge in [-0.15, -0.1) is 0 Å². The van der Waals surface area contributed by atoms with Crippen LogP contribution in [0.1, 0.15) is 31.1 Å². The van der Waals surface area contributed by atoms with Crippen LogP contribution in [0.15, 0.2) is 18.2 Å². The molecule has 0 saturated carbocycles. The zero-order chi connectivity index (χ0) is 15.8. The first-order chi connectivity index (χ1) is 9.67. The average Bonchev–Trinajstić information content (AvgIpc) is 2.62. The predicted molar refractivity (Wildman–Crippen MR) is 75.1 cm³/mol. The van der Waals surface area contributed by atoms with Crippen molar-refractivity contribution in [3.63, 3.8) is 0 Å². The van der Waals surface area contributed by atoms with Crippen LogP contribution in [0.3, 0.4) is 0 Å². The molecule has 112 valence electrons. The Morgan fingerprint density at radius 1 is 1.33 bits per heavy atom. The summed E-state index contributed by atoms with van der Waals surface area (Å²) < 4.78 is 18.2. The van der Waals surface area contributed by atoms with Crippen LogP contribution in [0, 0.1) is 5.82 Å². The van der Waals surface area contributed by atoms with Gasteiger partial charge in [0.2, 0.25) is 0 Å². The van der Waals surface area contributed by atoms with Crippen LogP contribution in [0.2, 0.25) is 0 Å². The van der Waals surface area contributed by atoms with E-state index in [1.807, 2.05) is 0 Å². The Kier molecular flexibility index (Phi) is 3.59. The highest BCUT2D eigenvalue weighted by Crippen LogP contribution is 2.27. The van der Waals surface area contributed by atoms with Gasteiger partial charge in [0.1, 0.15) is 22.8 Å². The molecular formula is C14H15FN2O4. The monoisotopic (exact) mass is 294 g/mol. The second kappa shape index (κ2) is 5.08. The van der Waals surface area contributed by atoms with Crippen molar-refractivity contribution in [3.8, 4) is 0 Å². The number of carbonyl (C=O) groups excluding carboxylic acids is 1. The van der Waals surface area contributed by atoms with Gasteiger partial charge in [-0.1, -0.05) is 0 Å². The Balaban J connectivity index is 2.41. The number of hydrogen-bond acceptors (Lipinski definition) is 3. The number of anilines is 1. The summed E-state index contributed by atoms with van der Waals surface area (Å²) in [6.45, 7) is 5.06. The quantitative estimate of drug-likeness (QED) is 0.792. The van der Waals surface area contributed by atoms with Crippen molar-refractivity contribution in [2.45, 2.75) is 26.4 Å². The van der Waals surface area contributed by atoms with E-state index < -0.39 is 23.5 Å². The Morgan fingerprint density at radius 3 is 2.57 bits per heavy atom. The van der Waals surface area contributed by atoms with Crippen LogP contribution < -0.4 is 5.32 Å². The van der Waals surface area contributed by atoms with Crippen LogP contribution in [0.25, 0.3) is 10.9 Å². The molecule has 21 heavy (non-hydrogen) atoms. The zero-order valence-corrected chi connectivity index (χ0v) is 11.8. The molecule has 3 N–H and O–H groups in total. The number of nitrogens with one attached hydrogen (secondary N) is 2. The standard InChI is InChI=1S/C14H15FN2O4/c1-14(2,3)21-13(20)17-11-10(12(18)19)8-5-4-7(15)6-9(8)16-11/h4-6,16H,1-3H3,(H,17,20)(H,18,19). The third-order valence-corrected chi connectivity index (χ3v) is 2.60. The number of amides is 1. The third-order valence-electron chi connectivity index (χ3n) is 2.60. The van der Waals surface area contributed by atoms with Gasteiger partial charge in [0.25, 0.3) is 0 Å². The number of aromatic carboxylic acids is 1. The molecule has 6 nitrogen and oxygen atoms in total. The molecule has 0 bridgehead atoms. The van der Waals surface area contributed by atoms with E-state index in [9.17, 15) is 19.1 Å². The average molecular weight is 294 g/mol. The Hall–Kier alpha value is -2.57. The number of ether oxygens (including phenoxy) is 1. The van der Waals surface area contributed by atoms with Gasteiger partial charge in [0.15, 0.2) is 0 Å². The van der Waals surface area contributed by atoms with Crippen molar-refractivity contribution in [1.29, 1.82) is 0 Å². The van der Waals surface area contributed by atoms with E-state index >= 15 is 0 Å². The second-order valence-corrected chi connectivity index (χ2v) is 5.50. The van der Waals surface area contributed by atoms with Gasteiger partial charge in [-0.3, -0.25) is 5.32 Å². The molecule has 0 aliphatic rings. The lowest BCUT2D eigenvalue weighted by atomic mass is 10.1. The molecule has 0 radical (unpaired) electrons. The first-order valence-electron chi connectivity index (χ1n) is 6.22. The Labute approximate surface area is 119 Å². The number of carboxylic acids is 1. The lowest BCUT2D eigenvalue weighted by molar-refractivity contribution is 0.0635. The van der Waals surface area contributed by atoms with Gasteiger partial charge in [-0.2, -0.15) is 0 Å². The van der Waals surface area contributed by atoms with Gasteiger partial charge in [-0.25, -0.2) is 14.0 Å². The number of aromatic nitrogens is 1. The number of hydrogen-bond donors (Lipinski definition) is 3. The summed E-state index contributed by atoms with van der Waals surface area (Å²) in [4.78, 5) is 25.7. The number of H-pyrrole nitrogens is 1. The van der Waals surface area contributed by atoms with E-state index in [2.05, 4.69) is 10.3 Å². The number of carbonyl (C=O) groups is 2. The number of aromatic amines is 1. The molecule has 2 rings (SSSR count). The van der Waals surface area contributed by atoms with Crippen LogP contribution in [-0.4, -0.2) is 27.8 Å². The largest absolute Gasteiger partial charge is 0.478 e. The van der Waals surface area contributed by atoms with E-state index in [1.54, 1.807) is 20.8 Å². The first kappa shape index (κ1) is 14.8. The molecule has 0 atom stereocenters. The SMILES string of the molecule is CC(C)(C)OC(=O)Nc1[nH]c2cc(F)ccc2c1C(=O)O.